The molecule has 80 valence electrons. The molecule has 1 aromatic heterocycles. The molecule has 2 rings (SSSR count). The van der Waals surface area contributed by atoms with Gasteiger partial charge in [0.15, 0.2) is 0 Å². The molecular formula is C12H11N3O. The van der Waals surface area contributed by atoms with E-state index in [1.165, 1.54) is 0 Å². The second kappa shape index (κ2) is 4.44. The van der Waals surface area contributed by atoms with Crippen LogP contribution in [0.4, 0.5) is 0 Å². The first-order valence-corrected chi connectivity index (χ1v) is 4.78. The van der Waals surface area contributed by atoms with Crippen molar-refractivity contribution in [1.82, 2.24) is 4.98 Å². The molecule has 1 heterocycles. The monoisotopic (exact) mass is 213 g/mol. The number of benzene rings is 1. The van der Waals surface area contributed by atoms with E-state index in [1.54, 1.807) is 42.7 Å². The number of pyridine rings is 1. The lowest BCUT2D eigenvalue weighted by molar-refractivity contribution is 0.480. The number of ether oxygens (including phenoxy) is 1. The summed E-state index contributed by atoms with van der Waals surface area (Å²) in [6.45, 7) is 0. The topological polar surface area (TPSA) is 72.0 Å². The smallest absolute Gasteiger partial charge is 0.145 e. The SMILES string of the molecule is N=C(N)c1ccc(Oc2cccnc2)cc1. The minimum Gasteiger partial charge on any atom is -0.456 e. The first-order valence-electron chi connectivity index (χ1n) is 4.78. The van der Waals surface area contributed by atoms with Crippen molar-refractivity contribution in [3.05, 3.63) is 54.4 Å². The first-order chi connectivity index (χ1) is 7.75. The van der Waals surface area contributed by atoms with Gasteiger partial charge in [-0.25, -0.2) is 0 Å². The predicted molar refractivity (Wildman–Crippen MR) is 61.8 cm³/mol. The van der Waals surface area contributed by atoms with Crippen molar-refractivity contribution in [3.63, 3.8) is 0 Å². The lowest BCUT2D eigenvalue weighted by atomic mass is 10.2. The lowest BCUT2D eigenvalue weighted by Gasteiger charge is -2.05. The molecule has 1 aromatic carbocycles. The van der Waals surface area contributed by atoms with Crippen LogP contribution in [0.1, 0.15) is 5.56 Å². The van der Waals surface area contributed by atoms with E-state index < -0.39 is 0 Å². The summed E-state index contributed by atoms with van der Waals surface area (Å²) in [4.78, 5) is 3.95. The van der Waals surface area contributed by atoms with E-state index in [0.29, 0.717) is 17.1 Å². The molecule has 16 heavy (non-hydrogen) atoms. The van der Waals surface area contributed by atoms with Crippen molar-refractivity contribution in [2.45, 2.75) is 0 Å². The number of nitrogens with one attached hydrogen (secondary N) is 1. The third-order valence-corrected chi connectivity index (χ3v) is 2.04. The highest BCUT2D eigenvalue weighted by Crippen LogP contribution is 2.20. The van der Waals surface area contributed by atoms with Gasteiger partial charge >= 0.3 is 0 Å². The molecule has 2 aromatic rings. The van der Waals surface area contributed by atoms with Gasteiger partial charge in [-0.2, -0.15) is 0 Å². The Hall–Kier alpha value is -2.36. The second-order valence-corrected chi connectivity index (χ2v) is 3.23. The van der Waals surface area contributed by atoms with Gasteiger partial charge in [-0.1, -0.05) is 0 Å². The van der Waals surface area contributed by atoms with Gasteiger partial charge in [-0.05, 0) is 36.4 Å². The molecular weight excluding hydrogens is 202 g/mol. The molecule has 0 spiro atoms. The molecule has 0 aliphatic carbocycles. The highest BCUT2D eigenvalue weighted by atomic mass is 16.5. The van der Waals surface area contributed by atoms with Crippen LogP contribution in [0.3, 0.4) is 0 Å². The molecule has 0 aliphatic heterocycles. The van der Waals surface area contributed by atoms with Gasteiger partial charge in [-0.3, -0.25) is 10.4 Å². The van der Waals surface area contributed by atoms with Crippen LogP contribution in [0.2, 0.25) is 0 Å². The summed E-state index contributed by atoms with van der Waals surface area (Å²) in [6.07, 6.45) is 3.32. The molecule has 0 saturated heterocycles. The maximum absolute atomic E-state index is 7.25. The van der Waals surface area contributed by atoms with Crippen LogP contribution < -0.4 is 10.5 Å². The van der Waals surface area contributed by atoms with Gasteiger partial charge in [0.25, 0.3) is 0 Å². The highest BCUT2D eigenvalue weighted by Gasteiger charge is 1.98. The minimum absolute atomic E-state index is 0.0490. The average Bonchev–Trinajstić information content (AvgIpc) is 2.31. The Bertz CT molecular complexity index is 479. The fourth-order valence-corrected chi connectivity index (χ4v) is 1.25. The number of amidine groups is 1. The summed E-state index contributed by atoms with van der Waals surface area (Å²) in [5.41, 5.74) is 6.03. The molecule has 0 aliphatic rings. The summed E-state index contributed by atoms with van der Waals surface area (Å²) in [6, 6.07) is 10.7. The van der Waals surface area contributed by atoms with Crippen LogP contribution in [0.25, 0.3) is 0 Å². The number of aromatic nitrogens is 1. The number of nitrogen functional groups attached to an aromatic ring is 1. The Morgan fingerprint density at radius 3 is 2.44 bits per heavy atom. The Morgan fingerprint density at radius 1 is 1.12 bits per heavy atom. The predicted octanol–water partition coefficient (Wildman–Crippen LogP) is 2.16. The highest BCUT2D eigenvalue weighted by molar-refractivity contribution is 5.94. The number of nitrogens with zero attached hydrogens (tertiary/aromatic N) is 1. The maximum Gasteiger partial charge on any atom is 0.145 e. The first kappa shape index (κ1) is 10.2. The van der Waals surface area contributed by atoms with Crippen LogP contribution in [-0.4, -0.2) is 10.8 Å². The van der Waals surface area contributed by atoms with Crippen molar-refractivity contribution in [2.24, 2.45) is 5.73 Å². The molecule has 4 heteroatoms. The number of rotatable bonds is 3. The zero-order chi connectivity index (χ0) is 11.4. The van der Waals surface area contributed by atoms with Crippen molar-refractivity contribution in [1.29, 1.82) is 5.41 Å². The van der Waals surface area contributed by atoms with Gasteiger partial charge in [0, 0.05) is 11.8 Å². The molecule has 0 bridgehead atoms. The Labute approximate surface area is 93.2 Å². The number of nitrogens with two attached hydrogens (primary N) is 1. The fourth-order valence-electron chi connectivity index (χ4n) is 1.25. The van der Waals surface area contributed by atoms with Gasteiger partial charge < -0.3 is 10.5 Å². The Kier molecular flexibility index (Phi) is 2.82. The van der Waals surface area contributed by atoms with Crippen LogP contribution in [0, 0.1) is 5.41 Å². The summed E-state index contributed by atoms with van der Waals surface area (Å²) in [5, 5.41) is 7.25. The van der Waals surface area contributed by atoms with Crippen molar-refractivity contribution >= 4 is 5.84 Å². The molecule has 0 atom stereocenters. The summed E-state index contributed by atoms with van der Waals surface area (Å²) in [5.74, 6) is 1.42. The molecule has 4 nitrogen and oxygen atoms in total. The largest absolute Gasteiger partial charge is 0.456 e. The van der Waals surface area contributed by atoms with Crippen LogP contribution >= 0.6 is 0 Å². The molecule has 0 fully saturated rings. The summed E-state index contributed by atoms with van der Waals surface area (Å²) < 4.78 is 5.54. The standard InChI is InChI=1S/C12H11N3O/c13-12(14)9-3-5-10(6-4-9)16-11-2-1-7-15-8-11/h1-8H,(H3,13,14). The van der Waals surface area contributed by atoms with E-state index in [0.717, 1.165) is 0 Å². The minimum atomic E-state index is 0.0490. The second-order valence-electron chi connectivity index (χ2n) is 3.23. The van der Waals surface area contributed by atoms with E-state index >= 15 is 0 Å². The van der Waals surface area contributed by atoms with Crippen molar-refractivity contribution in [2.75, 3.05) is 0 Å². The fraction of sp³-hybridized carbons (Fsp3) is 0. The van der Waals surface area contributed by atoms with E-state index in [2.05, 4.69) is 4.98 Å². The third-order valence-electron chi connectivity index (χ3n) is 2.04. The molecule has 3 N–H and O–H groups in total. The van der Waals surface area contributed by atoms with Crippen LogP contribution in [0.15, 0.2) is 48.8 Å². The van der Waals surface area contributed by atoms with E-state index in [-0.39, 0.29) is 5.84 Å². The average molecular weight is 213 g/mol. The number of hydrogen-bond acceptors (Lipinski definition) is 3. The lowest BCUT2D eigenvalue weighted by Crippen LogP contribution is -2.10. The molecule has 0 unspecified atom stereocenters. The third kappa shape index (κ3) is 2.36. The molecule has 0 saturated carbocycles. The van der Waals surface area contributed by atoms with Gasteiger partial charge in [0.1, 0.15) is 17.3 Å². The zero-order valence-electron chi connectivity index (χ0n) is 8.55. The Morgan fingerprint density at radius 2 is 1.88 bits per heavy atom. The number of hydrogen-bond donors (Lipinski definition) is 2. The maximum atomic E-state index is 7.25. The van der Waals surface area contributed by atoms with E-state index in [1.807, 2.05) is 6.07 Å². The van der Waals surface area contributed by atoms with Gasteiger partial charge in [-0.15, -0.1) is 0 Å². The van der Waals surface area contributed by atoms with Crippen molar-refractivity contribution < 1.29 is 4.74 Å². The van der Waals surface area contributed by atoms with Crippen molar-refractivity contribution in [3.8, 4) is 11.5 Å². The summed E-state index contributed by atoms with van der Waals surface area (Å²) in [7, 11) is 0. The van der Waals surface area contributed by atoms with Crippen LogP contribution in [0.5, 0.6) is 11.5 Å². The van der Waals surface area contributed by atoms with Gasteiger partial charge in [0.2, 0.25) is 0 Å². The Balaban J connectivity index is 2.14. The molecule has 0 radical (unpaired) electrons. The van der Waals surface area contributed by atoms with E-state index in [9.17, 15) is 0 Å². The quantitative estimate of drug-likeness (QED) is 0.606. The molecule has 0 amide bonds. The van der Waals surface area contributed by atoms with E-state index in [4.69, 9.17) is 15.9 Å². The van der Waals surface area contributed by atoms with Crippen LogP contribution in [-0.2, 0) is 0 Å². The van der Waals surface area contributed by atoms with Gasteiger partial charge in [0.05, 0.1) is 6.20 Å². The summed E-state index contributed by atoms with van der Waals surface area (Å²) >= 11 is 0. The zero-order valence-corrected chi connectivity index (χ0v) is 8.55. The normalized spacial score (nSPS) is 9.75.